The number of hydrogen-bond donors (Lipinski definition) is 1. The zero-order valence-electron chi connectivity index (χ0n) is 14.8. The first-order valence-corrected chi connectivity index (χ1v) is 9.76. The van der Waals surface area contributed by atoms with Crippen LogP contribution in [0.2, 0.25) is 5.02 Å². The van der Waals surface area contributed by atoms with E-state index in [0.29, 0.717) is 13.0 Å². The van der Waals surface area contributed by atoms with Crippen LogP contribution in [0.1, 0.15) is 24.5 Å². The summed E-state index contributed by atoms with van der Waals surface area (Å²) in [7, 11) is 0. The minimum absolute atomic E-state index is 0.0693. The molecular weight excluding hydrogens is 354 g/mol. The summed E-state index contributed by atoms with van der Waals surface area (Å²) in [5.74, 6) is 1.51. The molecule has 0 aliphatic rings. The fourth-order valence-corrected chi connectivity index (χ4v) is 3.19. The molecule has 0 aliphatic heterocycles. The van der Waals surface area contributed by atoms with Crippen LogP contribution in [0, 0.1) is 13.8 Å². The van der Waals surface area contributed by atoms with E-state index in [-0.39, 0.29) is 5.91 Å². The summed E-state index contributed by atoms with van der Waals surface area (Å²) in [4.78, 5) is 13.5. The zero-order valence-corrected chi connectivity index (χ0v) is 16.4. The SMILES string of the molecule is CC[C@@H](Oc1cc(C)ccc1C)C(=O)NCCSc1ccc(Cl)cc1. The highest BCUT2D eigenvalue weighted by atomic mass is 35.5. The van der Waals surface area contributed by atoms with E-state index in [2.05, 4.69) is 5.32 Å². The monoisotopic (exact) mass is 377 g/mol. The molecule has 134 valence electrons. The summed E-state index contributed by atoms with van der Waals surface area (Å²) in [6, 6.07) is 13.7. The van der Waals surface area contributed by atoms with Crippen molar-refractivity contribution >= 4 is 29.3 Å². The van der Waals surface area contributed by atoms with E-state index in [1.54, 1.807) is 11.8 Å². The molecule has 2 rings (SSSR count). The number of thioether (sulfide) groups is 1. The first-order valence-electron chi connectivity index (χ1n) is 8.39. The van der Waals surface area contributed by atoms with Gasteiger partial charge in [-0.2, -0.15) is 0 Å². The van der Waals surface area contributed by atoms with Crippen molar-refractivity contribution in [2.75, 3.05) is 12.3 Å². The van der Waals surface area contributed by atoms with Gasteiger partial charge in [0.2, 0.25) is 0 Å². The minimum atomic E-state index is -0.471. The second-order valence-corrected chi connectivity index (χ2v) is 7.48. The van der Waals surface area contributed by atoms with Crippen LogP contribution in [-0.2, 0) is 4.79 Å². The highest BCUT2D eigenvalue weighted by molar-refractivity contribution is 7.99. The number of ether oxygens (including phenoxy) is 1. The Kier molecular flexibility index (Phi) is 7.66. The fourth-order valence-electron chi connectivity index (χ4n) is 2.30. The van der Waals surface area contributed by atoms with E-state index in [1.165, 1.54) is 0 Å². The van der Waals surface area contributed by atoms with Crippen LogP contribution in [0.5, 0.6) is 5.75 Å². The first-order chi connectivity index (χ1) is 12.0. The van der Waals surface area contributed by atoms with Crippen molar-refractivity contribution < 1.29 is 9.53 Å². The molecule has 0 fully saturated rings. The Hall–Kier alpha value is -1.65. The van der Waals surface area contributed by atoms with Crippen LogP contribution in [-0.4, -0.2) is 24.3 Å². The molecule has 0 saturated carbocycles. The lowest BCUT2D eigenvalue weighted by Crippen LogP contribution is -2.39. The molecular formula is C20H24ClNO2S. The van der Waals surface area contributed by atoms with E-state index in [1.807, 2.05) is 63.2 Å². The number of nitrogens with one attached hydrogen (secondary N) is 1. The van der Waals surface area contributed by atoms with Gasteiger partial charge in [0.1, 0.15) is 5.75 Å². The van der Waals surface area contributed by atoms with Gasteiger partial charge in [-0.3, -0.25) is 4.79 Å². The van der Waals surface area contributed by atoms with Crippen molar-refractivity contribution in [1.29, 1.82) is 0 Å². The third kappa shape index (κ3) is 6.29. The van der Waals surface area contributed by atoms with Gasteiger partial charge in [-0.1, -0.05) is 30.7 Å². The molecule has 3 nitrogen and oxygen atoms in total. The largest absolute Gasteiger partial charge is 0.480 e. The third-order valence-electron chi connectivity index (χ3n) is 3.76. The first kappa shape index (κ1) is 19.7. The van der Waals surface area contributed by atoms with Crippen LogP contribution in [0.25, 0.3) is 0 Å². The number of benzene rings is 2. The van der Waals surface area contributed by atoms with Crippen molar-refractivity contribution in [2.45, 2.75) is 38.2 Å². The molecule has 1 N–H and O–H groups in total. The van der Waals surface area contributed by atoms with Gasteiger partial charge in [0.25, 0.3) is 5.91 Å². The highest BCUT2D eigenvalue weighted by Crippen LogP contribution is 2.22. The molecule has 0 spiro atoms. The van der Waals surface area contributed by atoms with Crippen molar-refractivity contribution in [1.82, 2.24) is 5.32 Å². The maximum Gasteiger partial charge on any atom is 0.261 e. The summed E-state index contributed by atoms with van der Waals surface area (Å²) in [6.07, 6.45) is 0.157. The Morgan fingerprint density at radius 2 is 1.92 bits per heavy atom. The van der Waals surface area contributed by atoms with Gasteiger partial charge >= 0.3 is 0 Å². The molecule has 0 unspecified atom stereocenters. The van der Waals surface area contributed by atoms with Crippen molar-refractivity contribution in [2.24, 2.45) is 0 Å². The molecule has 5 heteroatoms. The number of hydrogen-bond acceptors (Lipinski definition) is 3. The molecule has 0 heterocycles. The predicted octanol–water partition coefficient (Wildman–Crippen LogP) is 5.02. The third-order valence-corrected chi connectivity index (χ3v) is 5.03. The number of halogens is 1. The molecule has 1 atom stereocenters. The minimum Gasteiger partial charge on any atom is -0.480 e. The molecule has 0 radical (unpaired) electrons. The van der Waals surface area contributed by atoms with Crippen LogP contribution in [0.4, 0.5) is 0 Å². The molecule has 0 aromatic heterocycles. The number of carbonyl (C=O) groups excluding carboxylic acids is 1. The van der Waals surface area contributed by atoms with Gasteiger partial charge in [0.05, 0.1) is 0 Å². The molecule has 0 aliphatic carbocycles. The average Bonchev–Trinajstić information content (AvgIpc) is 2.60. The molecule has 0 saturated heterocycles. The van der Waals surface area contributed by atoms with Crippen LogP contribution in [0.3, 0.4) is 0 Å². The molecule has 2 aromatic rings. The number of rotatable bonds is 8. The Morgan fingerprint density at radius 3 is 2.60 bits per heavy atom. The zero-order chi connectivity index (χ0) is 18.2. The van der Waals surface area contributed by atoms with E-state index < -0.39 is 6.10 Å². The van der Waals surface area contributed by atoms with E-state index in [9.17, 15) is 4.79 Å². The van der Waals surface area contributed by atoms with Crippen LogP contribution >= 0.6 is 23.4 Å². The Morgan fingerprint density at radius 1 is 1.20 bits per heavy atom. The molecule has 2 aromatic carbocycles. The maximum absolute atomic E-state index is 12.4. The van der Waals surface area contributed by atoms with Crippen molar-refractivity contribution in [3.05, 3.63) is 58.6 Å². The smallest absolute Gasteiger partial charge is 0.261 e. The quantitative estimate of drug-likeness (QED) is 0.518. The predicted molar refractivity (Wildman–Crippen MR) is 106 cm³/mol. The number of aryl methyl sites for hydroxylation is 2. The van der Waals surface area contributed by atoms with Gasteiger partial charge < -0.3 is 10.1 Å². The molecule has 25 heavy (non-hydrogen) atoms. The second kappa shape index (κ2) is 9.73. The Labute approximate surface area is 159 Å². The number of amides is 1. The lowest BCUT2D eigenvalue weighted by molar-refractivity contribution is -0.128. The van der Waals surface area contributed by atoms with Gasteiger partial charge in [0, 0.05) is 22.2 Å². The van der Waals surface area contributed by atoms with E-state index >= 15 is 0 Å². The highest BCUT2D eigenvalue weighted by Gasteiger charge is 2.18. The van der Waals surface area contributed by atoms with Gasteiger partial charge in [-0.25, -0.2) is 0 Å². The fraction of sp³-hybridized carbons (Fsp3) is 0.350. The van der Waals surface area contributed by atoms with E-state index in [0.717, 1.165) is 32.5 Å². The standard InChI is InChI=1S/C20H24ClNO2S/c1-4-18(24-19-13-14(2)5-6-15(19)3)20(23)22-11-12-25-17-9-7-16(21)8-10-17/h5-10,13,18H,4,11-12H2,1-3H3,(H,22,23)/t18-/m1/s1. The average molecular weight is 378 g/mol. The summed E-state index contributed by atoms with van der Waals surface area (Å²) in [6.45, 7) is 6.56. The normalized spacial score (nSPS) is 11.8. The number of carbonyl (C=O) groups is 1. The van der Waals surface area contributed by atoms with Gasteiger partial charge in [-0.05, 0) is 61.7 Å². The Balaban J connectivity index is 1.81. The summed E-state index contributed by atoms with van der Waals surface area (Å²) >= 11 is 7.56. The Bertz CT molecular complexity index is 703. The van der Waals surface area contributed by atoms with Crippen molar-refractivity contribution in [3.8, 4) is 5.75 Å². The molecule has 1 amide bonds. The lowest BCUT2D eigenvalue weighted by Gasteiger charge is -2.19. The summed E-state index contributed by atoms with van der Waals surface area (Å²) in [5.41, 5.74) is 2.16. The second-order valence-electron chi connectivity index (χ2n) is 5.88. The van der Waals surface area contributed by atoms with Gasteiger partial charge in [-0.15, -0.1) is 11.8 Å². The van der Waals surface area contributed by atoms with Crippen LogP contribution < -0.4 is 10.1 Å². The van der Waals surface area contributed by atoms with Crippen molar-refractivity contribution in [3.63, 3.8) is 0 Å². The summed E-state index contributed by atoms with van der Waals surface area (Å²) in [5, 5.41) is 3.69. The lowest BCUT2D eigenvalue weighted by atomic mass is 10.1. The molecule has 0 bridgehead atoms. The van der Waals surface area contributed by atoms with Crippen LogP contribution in [0.15, 0.2) is 47.4 Å². The summed E-state index contributed by atoms with van der Waals surface area (Å²) < 4.78 is 5.93. The van der Waals surface area contributed by atoms with Gasteiger partial charge in [0.15, 0.2) is 6.10 Å². The van der Waals surface area contributed by atoms with E-state index in [4.69, 9.17) is 16.3 Å². The maximum atomic E-state index is 12.4. The topological polar surface area (TPSA) is 38.3 Å².